The number of aromatic nitrogens is 3. The van der Waals surface area contributed by atoms with E-state index in [1.165, 1.54) is 0 Å². The number of para-hydroxylation sites is 2. The van der Waals surface area contributed by atoms with Crippen LogP contribution in [0, 0.1) is 20.8 Å². The summed E-state index contributed by atoms with van der Waals surface area (Å²) in [5.41, 5.74) is 4.90. The number of hydrogen-bond acceptors (Lipinski definition) is 4. The van der Waals surface area contributed by atoms with E-state index >= 15 is 0 Å². The summed E-state index contributed by atoms with van der Waals surface area (Å²) < 4.78 is 1.80. The van der Waals surface area contributed by atoms with Crippen LogP contribution in [0.4, 0.5) is 5.69 Å². The van der Waals surface area contributed by atoms with Crippen molar-refractivity contribution in [2.75, 3.05) is 0 Å². The Bertz CT molecular complexity index is 1220. The largest absolute Gasteiger partial charge is 0.493 e. The number of hydrogen-bond donors (Lipinski definition) is 2. The number of aromatic amines is 1. The molecule has 1 amide bonds. The average Bonchev–Trinajstić information content (AvgIpc) is 3.13. The molecule has 0 atom stereocenters. The van der Waals surface area contributed by atoms with E-state index in [1.807, 2.05) is 57.2 Å². The number of carbonyl (C=O) groups excluding carboxylic acids is 1. The van der Waals surface area contributed by atoms with Crippen molar-refractivity contribution in [2.24, 2.45) is 10.2 Å². The lowest BCUT2D eigenvalue weighted by molar-refractivity contribution is -0.118. The highest BCUT2D eigenvalue weighted by Crippen LogP contribution is 2.37. The minimum atomic E-state index is -0.418. The van der Waals surface area contributed by atoms with Gasteiger partial charge in [0.25, 0.3) is 5.91 Å². The molecule has 4 aromatic rings. The van der Waals surface area contributed by atoms with Crippen molar-refractivity contribution in [3.8, 4) is 5.88 Å². The smallest absolute Gasteiger partial charge is 0.284 e. The molecule has 0 aliphatic heterocycles. The number of benzene rings is 2. The van der Waals surface area contributed by atoms with E-state index in [1.54, 1.807) is 4.57 Å². The van der Waals surface area contributed by atoms with Crippen LogP contribution in [-0.2, 0) is 11.3 Å². The van der Waals surface area contributed by atoms with Crippen LogP contribution in [0.5, 0.6) is 5.88 Å². The van der Waals surface area contributed by atoms with E-state index in [9.17, 15) is 9.90 Å². The van der Waals surface area contributed by atoms with E-state index in [4.69, 9.17) is 0 Å². The van der Waals surface area contributed by atoms with Gasteiger partial charge in [0.05, 0.1) is 16.6 Å². The molecule has 0 spiro atoms. The van der Waals surface area contributed by atoms with Crippen molar-refractivity contribution >= 4 is 33.5 Å². The van der Waals surface area contributed by atoms with Gasteiger partial charge in [-0.05, 0) is 44.0 Å². The summed E-state index contributed by atoms with van der Waals surface area (Å²) in [4.78, 5) is 19.7. The number of rotatable bonds is 3. The number of aromatic hydroxyl groups is 1. The van der Waals surface area contributed by atoms with E-state index in [-0.39, 0.29) is 18.1 Å². The molecule has 0 unspecified atom stereocenters. The Hall–Kier alpha value is -3.48. The zero-order chi connectivity index (χ0) is 19.1. The molecule has 136 valence electrons. The molecule has 2 aromatic heterocycles. The highest BCUT2D eigenvalue weighted by atomic mass is 16.3. The number of imidazole rings is 1. The summed E-state index contributed by atoms with van der Waals surface area (Å²) in [6.45, 7) is 5.85. The Morgan fingerprint density at radius 2 is 1.96 bits per heavy atom. The molecule has 0 aliphatic rings. The van der Waals surface area contributed by atoms with Crippen LogP contribution in [0.25, 0.3) is 21.9 Å². The second-order valence-electron chi connectivity index (χ2n) is 6.58. The predicted molar refractivity (Wildman–Crippen MR) is 103 cm³/mol. The van der Waals surface area contributed by atoms with E-state index in [0.717, 1.165) is 38.9 Å². The third kappa shape index (κ3) is 2.87. The highest BCUT2D eigenvalue weighted by molar-refractivity contribution is 5.96. The van der Waals surface area contributed by atoms with Gasteiger partial charge in [-0.25, -0.2) is 4.98 Å². The predicted octanol–water partition coefficient (Wildman–Crippen LogP) is 4.46. The molecule has 2 N–H and O–H groups in total. The minimum Gasteiger partial charge on any atom is -0.493 e. The Balaban J connectivity index is 1.64. The molecule has 0 saturated carbocycles. The summed E-state index contributed by atoms with van der Waals surface area (Å²) in [5, 5.41) is 18.7. The normalized spacial score (nSPS) is 11.8. The van der Waals surface area contributed by atoms with Gasteiger partial charge in [0, 0.05) is 5.39 Å². The minimum absolute atomic E-state index is 0.0388. The molecular formula is C20H19N5O2. The fraction of sp³-hybridized carbons (Fsp3) is 0.200. The molecule has 7 nitrogen and oxygen atoms in total. The summed E-state index contributed by atoms with van der Waals surface area (Å²) >= 11 is 0. The van der Waals surface area contributed by atoms with Crippen molar-refractivity contribution < 1.29 is 9.90 Å². The first-order chi connectivity index (χ1) is 13.0. The molecular weight excluding hydrogens is 342 g/mol. The highest BCUT2D eigenvalue weighted by Gasteiger charge is 2.14. The number of amides is 1. The number of fused-ring (bicyclic) bond motifs is 2. The summed E-state index contributed by atoms with van der Waals surface area (Å²) in [6.07, 6.45) is 0. The molecule has 0 bridgehead atoms. The third-order valence-electron chi connectivity index (χ3n) is 4.86. The van der Waals surface area contributed by atoms with Gasteiger partial charge >= 0.3 is 0 Å². The molecule has 0 saturated heterocycles. The Kier molecular flexibility index (Phi) is 3.99. The Morgan fingerprint density at radius 3 is 2.78 bits per heavy atom. The lowest BCUT2D eigenvalue weighted by atomic mass is 10.1. The number of nitrogens with one attached hydrogen (secondary N) is 1. The maximum atomic E-state index is 12.4. The van der Waals surface area contributed by atoms with Crippen LogP contribution in [0.1, 0.15) is 17.0 Å². The van der Waals surface area contributed by atoms with Crippen LogP contribution in [0.15, 0.2) is 46.6 Å². The maximum Gasteiger partial charge on any atom is 0.284 e. The van der Waals surface area contributed by atoms with Gasteiger partial charge in [0.15, 0.2) is 5.69 Å². The number of H-pyrrole nitrogens is 1. The topological polar surface area (TPSA) is 95.6 Å². The molecule has 2 heterocycles. The fourth-order valence-electron chi connectivity index (χ4n) is 3.25. The molecule has 0 fully saturated rings. The van der Waals surface area contributed by atoms with Crippen LogP contribution in [0.3, 0.4) is 0 Å². The molecule has 2 aromatic carbocycles. The van der Waals surface area contributed by atoms with Gasteiger partial charge in [0.1, 0.15) is 12.4 Å². The Labute approximate surface area is 155 Å². The summed E-state index contributed by atoms with van der Waals surface area (Å²) in [6, 6.07) is 11.4. The molecule has 27 heavy (non-hydrogen) atoms. The van der Waals surface area contributed by atoms with E-state index in [0.29, 0.717) is 0 Å². The second-order valence-corrected chi connectivity index (χ2v) is 6.58. The van der Waals surface area contributed by atoms with Crippen LogP contribution >= 0.6 is 0 Å². The first kappa shape index (κ1) is 17.0. The molecule has 0 radical (unpaired) electrons. The van der Waals surface area contributed by atoms with Crippen molar-refractivity contribution in [2.45, 2.75) is 27.3 Å². The van der Waals surface area contributed by atoms with Crippen molar-refractivity contribution in [3.63, 3.8) is 0 Å². The van der Waals surface area contributed by atoms with Gasteiger partial charge in [0.2, 0.25) is 5.88 Å². The van der Waals surface area contributed by atoms with Gasteiger partial charge in [-0.2, -0.15) is 0 Å². The quantitative estimate of drug-likeness (QED) is 0.527. The SMILES string of the molecule is Cc1ccc2c(N=NC(=O)Cn3c(C)nc4ccccc43)c(O)[nH]c2c1C. The Morgan fingerprint density at radius 1 is 1.19 bits per heavy atom. The average molecular weight is 361 g/mol. The first-order valence-electron chi connectivity index (χ1n) is 8.63. The molecule has 4 rings (SSSR count). The number of carbonyl (C=O) groups is 1. The second kappa shape index (κ2) is 6.35. The van der Waals surface area contributed by atoms with Gasteiger partial charge < -0.3 is 14.7 Å². The third-order valence-corrected chi connectivity index (χ3v) is 4.86. The zero-order valence-corrected chi connectivity index (χ0v) is 15.3. The summed E-state index contributed by atoms with van der Waals surface area (Å²) in [7, 11) is 0. The van der Waals surface area contributed by atoms with Crippen molar-refractivity contribution in [1.82, 2.24) is 14.5 Å². The zero-order valence-electron chi connectivity index (χ0n) is 15.3. The number of aryl methyl sites for hydroxylation is 3. The lowest BCUT2D eigenvalue weighted by Crippen LogP contribution is -2.08. The maximum absolute atomic E-state index is 12.4. The standard InChI is InChI=1S/C20H19N5O2/c1-11-8-9-14-18(12(11)2)22-20(27)19(14)24-23-17(26)10-25-13(3)21-15-6-4-5-7-16(15)25/h4-9,22,27H,10H2,1-3H3. The van der Waals surface area contributed by atoms with Crippen LogP contribution in [0.2, 0.25) is 0 Å². The van der Waals surface area contributed by atoms with Gasteiger partial charge in [-0.15, -0.1) is 10.2 Å². The molecule has 0 aliphatic carbocycles. The number of azo groups is 1. The van der Waals surface area contributed by atoms with Crippen molar-refractivity contribution in [3.05, 3.63) is 53.3 Å². The van der Waals surface area contributed by atoms with Crippen LogP contribution < -0.4 is 0 Å². The number of nitrogens with zero attached hydrogens (tertiary/aromatic N) is 4. The first-order valence-corrected chi connectivity index (χ1v) is 8.63. The van der Waals surface area contributed by atoms with Gasteiger partial charge in [-0.1, -0.05) is 24.3 Å². The fourth-order valence-corrected chi connectivity index (χ4v) is 3.25. The molecule has 7 heteroatoms. The van der Waals surface area contributed by atoms with Gasteiger partial charge in [-0.3, -0.25) is 4.79 Å². The van der Waals surface area contributed by atoms with Crippen LogP contribution in [-0.4, -0.2) is 25.5 Å². The van der Waals surface area contributed by atoms with E-state index in [2.05, 4.69) is 20.2 Å². The monoisotopic (exact) mass is 361 g/mol. The van der Waals surface area contributed by atoms with Crippen molar-refractivity contribution in [1.29, 1.82) is 0 Å². The van der Waals surface area contributed by atoms with E-state index < -0.39 is 5.91 Å². The summed E-state index contributed by atoms with van der Waals surface area (Å²) in [5.74, 6) is 0.221. The lowest BCUT2D eigenvalue weighted by Gasteiger charge is -2.02.